The summed E-state index contributed by atoms with van der Waals surface area (Å²) in [5.41, 5.74) is 2.20. The molecule has 4 nitrogen and oxygen atoms in total. The first-order chi connectivity index (χ1) is 12.0. The van der Waals surface area contributed by atoms with Gasteiger partial charge in [-0.3, -0.25) is 9.59 Å². The van der Waals surface area contributed by atoms with Gasteiger partial charge in [-0.25, -0.2) is 0 Å². The number of hydrogen-bond acceptors (Lipinski definition) is 4. The summed E-state index contributed by atoms with van der Waals surface area (Å²) < 4.78 is 2.62. The fraction of sp³-hybridized carbons (Fsp3) is 0.100. The van der Waals surface area contributed by atoms with Crippen molar-refractivity contribution in [2.24, 2.45) is 7.05 Å². The molecular formula is C20H17NO3S. The molecule has 0 aliphatic rings. The van der Waals surface area contributed by atoms with Crippen LogP contribution in [0.15, 0.2) is 53.3 Å². The molecule has 2 aromatic carbocycles. The van der Waals surface area contributed by atoms with E-state index in [0.717, 1.165) is 11.1 Å². The van der Waals surface area contributed by atoms with Gasteiger partial charge in [0.25, 0.3) is 5.56 Å². The highest BCUT2D eigenvalue weighted by molar-refractivity contribution is 7.07. The molecule has 0 atom stereocenters. The normalized spacial score (nSPS) is 12.6. The van der Waals surface area contributed by atoms with E-state index in [1.165, 1.54) is 22.0 Å². The number of aromatic hydroxyl groups is 1. The number of carbonyl (C=O) groups is 1. The summed E-state index contributed by atoms with van der Waals surface area (Å²) >= 11 is 1.27. The third-order valence-corrected chi connectivity index (χ3v) is 5.03. The number of phenolic OH excluding ortho intramolecular Hbond substituents is 1. The van der Waals surface area contributed by atoms with Crippen molar-refractivity contribution in [3.05, 3.63) is 84.8 Å². The van der Waals surface area contributed by atoms with Crippen LogP contribution in [0.25, 0.3) is 12.2 Å². The molecule has 0 spiro atoms. The lowest BCUT2D eigenvalue weighted by atomic mass is 10.1. The van der Waals surface area contributed by atoms with Crippen LogP contribution in [-0.4, -0.2) is 15.5 Å². The molecule has 3 rings (SSSR count). The number of thiazole rings is 1. The number of aromatic nitrogens is 1. The van der Waals surface area contributed by atoms with Crippen molar-refractivity contribution in [2.75, 3.05) is 0 Å². The van der Waals surface area contributed by atoms with Crippen LogP contribution in [0.3, 0.4) is 0 Å². The molecule has 25 heavy (non-hydrogen) atoms. The molecule has 3 aromatic rings. The molecule has 5 heteroatoms. The smallest absolute Gasteiger partial charge is 0.268 e. The van der Waals surface area contributed by atoms with E-state index in [1.807, 2.05) is 25.1 Å². The van der Waals surface area contributed by atoms with E-state index >= 15 is 0 Å². The van der Waals surface area contributed by atoms with Gasteiger partial charge in [-0.15, -0.1) is 11.3 Å². The predicted octanol–water partition coefficient (Wildman–Crippen LogP) is 1.95. The van der Waals surface area contributed by atoms with Crippen LogP contribution >= 0.6 is 11.3 Å². The Labute approximate surface area is 148 Å². The maximum atomic E-state index is 12.5. The molecule has 0 aliphatic heterocycles. The molecule has 1 N–H and O–H groups in total. The molecule has 0 bridgehead atoms. The Morgan fingerprint density at radius 2 is 1.80 bits per heavy atom. The van der Waals surface area contributed by atoms with Gasteiger partial charge in [0, 0.05) is 18.7 Å². The van der Waals surface area contributed by atoms with E-state index in [4.69, 9.17) is 0 Å². The number of hydrogen-bond donors (Lipinski definition) is 1. The lowest BCUT2D eigenvalue weighted by molar-refractivity contribution is 0.106. The summed E-state index contributed by atoms with van der Waals surface area (Å²) in [5, 5.41) is 9.34. The largest absolute Gasteiger partial charge is 0.508 e. The summed E-state index contributed by atoms with van der Waals surface area (Å²) in [7, 11) is 1.66. The SMILES string of the molecule is Cc1ccccc1C(=O)/C=c1\s/c(=C\c2ccc(O)cc2)c(=O)n1C. The number of phenols is 1. The number of ketones is 1. The van der Waals surface area contributed by atoms with E-state index < -0.39 is 0 Å². The predicted molar refractivity (Wildman–Crippen MR) is 100 cm³/mol. The van der Waals surface area contributed by atoms with Crippen molar-refractivity contribution in [2.45, 2.75) is 6.92 Å². The standard InChI is InChI=1S/C20H17NO3S/c1-13-5-3-4-6-16(13)17(23)12-19-21(2)20(24)18(25-19)11-14-7-9-15(22)10-8-14/h3-12,22H,1-2H3/b18-11-,19-12-. The molecule has 0 saturated carbocycles. The first kappa shape index (κ1) is 16.9. The molecular weight excluding hydrogens is 334 g/mol. The van der Waals surface area contributed by atoms with E-state index in [9.17, 15) is 14.7 Å². The second-order valence-corrected chi connectivity index (χ2v) is 6.79. The fourth-order valence-corrected chi connectivity index (χ4v) is 3.50. The number of benzene rings is 2. The van der Waals surface area contributed by atoms with E-state index in [1.54, 1.807) is 43.5 Å². The van der Waals surface area contributed by atoms with Crippen LogP contribution in [0.2, 0.25) is 0 Å². The summed E-state index contributed by atoms with van der Waals surface area (Å²) in [5.74, 6) is 0.0558. The zero-order chi connectivity index (χ0) is 18.0. The molecule has 0 fully saturated rings. The van der Waals surface area contributed by atoms with Crippen LogP contribution in [-0.2, 0) is 7.05 Å². The molecule has 0 amide bonds. The van der Waals surface area contributed by atoms with Crippen molar-refractivity contribution in [1.29, 1.82) is 0 Å². The molecule has 1 aromatic heterocycles. The Kier molecular flexibility index (Phi) is 4.67. The third kappa shape index (κ3) is 3.61. The minimum atomic E-state index is -0.151. The first-order valence-corrected chi connectivity index (χ1v) is 8.55. The maximum absolute atomic E-state index is 12.5. The van der Waals surface area contributed by atoms with Gasteiger partial charge in [0.2, 0.25) is 0 Å². The Morgan fingerprint density at radius 3 is 2.48 bits per heavy atom. The summed E-state index contributed by atoms with van der Waals surface area (Å²) in [6.45, 7) is 1.89. The monoisotopic (exact) mass is 351 g/mol. The van der Waals surface area contributed by atoms with Crippen LogP contribution in [0.5, 0.6) is 5.75 Å². The van der Waals surface area contributed by atoms with Gasteiger partial charge in [0.05, 0.1) is 4.53 Å². The number of Topliss-reactive ketones (excluding diaryl/α,β-unsaturated/α-hetero) is 1. The van der Waals surface area contributed by atoms with Crippen molar-refractivity contribution in [3.8, 4) is 5.75 Å². The molecule has 1 heterocycles. The maximum Gasteiger partial charge on any atom is 0.268 e. The van der Waals surface area contributed by atoms with Crippen LogP contribution in [0.4, 0.5) is 0 Å². The van der Waals surface area contributed by atoms with Crippen molar-refractivity contribution in [3.63, 3.8) is 0 Å². The quantitative estimate of drug-likeness (QED) is 0.734. The fourth-order valence-electron chi connectivity index (χ4n) is 2.47. The molecule has 0 aliphatic carbocycles. The summed E-state index contributed by atoms with van der Waals surface area (Å²) in [6.07, 6.45) is 3.25. The Morgan fingerprint density at radius 1 is 1.12 bits per heavy atom. The van der Waals surface area contributed by atoms with Gasteiger partial charge in [-0.1, -0.05) is 36.4 Å². The first-order valence-electron chi connectivity index (χ1n) is 7.74. The second kappa shape index (κ2) is 6.91. The van der Waals surface area contributed by atoms with Crippen LogP contribution < -0.4 is 14.8 Å². The average molecular weight is 351 g/mol. The van der Waals surface area contributed by atoms with Crippen molar-refractivity contribution in [1.82, 2.24) is 4.57 Å². The third-order valence-electron chi connectivity index (χ3n) is 3.92. The molecule has 0 radical (unpaired) electrons. The highest BCUT2D eigenvalue weighted by atomic mass is 32.1. The van der Waals surface area contributed by atoms with Gasteiger partial charge in [0.1, 0.15) is 10.4 Å². The highest BCUT2D eigenvalue weighted by Gasteiger charge is 2.07. The Bertz CT molecular complexity index is 1110. The summed E-state index contributed by atoms with van der Waals surface area (Å²) in [4.78, 5) is 24.9. The lowest BCUT2D eigenvalue weighted by Crippen LogP contribution is -2.29. The van der Waals surface area contributed by atoms with Crippen molar-refractivity contribution < 1.29 is 9.90 Å². The number of nitrogens with zero attached hydrogens (tertiary/aromatic N) is 1. The van der Waals surface area contributed by atoms with Crippen LogP contribution in [0.1, 0.15) is 21.5 Å². The Balaban J connectivity index is 2.07. The van der Waals surface area contributed by atoms with E-state index in [0.29, 0.717) is 14.8 Å². The van der Waals surface area contributed by atoms with Gasteiger partial charge < -0.3 is 9.67 Å². The molecule has 0 saturated heterocycles. The topological polar surface area (TPSA) is 59.3 Å². The lowest BCUT2D eigenvalue weighted by Gasteiger charge is -1.99. The van der Waals surface area contributed by atoms with Gasteiger partial charge in [0.15, 0.2) is 5.78 Å². The van der Waals surface area contributed by atoms with Crippen molar-refractivity contribution >= 4 is 29.3 Å². The molecule has 0 unspecified atom stereocenters. The minimum Gasteiger partial charge on any atom is -0.508 e. The number of aryl methyl sites for hydroxylation is 1. The Hall–Kier alpha value is -2.92. The van der Waals surface area contributed by atoms with E-state index in [2.05, 4.69) is 0 Å². The van der Waals surface area contributed by atoms with Gasteiger partial charge in [-0.05, 0) is 36.3 Å². The zero-order valence-electron chi connectivity index (χ0n) is 13.9. The average Bonchev–Trinajstić information content (AvgIpc) is 2.85. The number of carbonyl (C=O) groups excluding carboxylic acids is 1. The van der Waals surface area contributed by atoms with Gasteiger partial charge in [-0.2, -0.15) is 0 Å². The second-order valence-electron chi connectivity index (χ2n) is 5.73. The van der Waals surface area contributed by atoms with Gasteiger partial charge >= 0.3 is 0 Å². The number of rotatable bonds is 3. The molecule has 126 valence electrons. The van der Waals surface area contributed by atoms with E-state index in [-0.39, 0.29) is 17.1 Å². The van der Waals surface area contributed by atoms with Crippen LogP contribution in [0, 0.1) is 6.92 Å². The highest BCUT2D eigenvalue weighted by Crippen LogP contribution is 2.10. The zero-order valence-corrected chi connectivity index (χ0v) is 14.7. The minimum absolute atomic E-state index is 0.119. The summed E-state index contributed by atoms with van der Waals surface area (Å²) in [6, 6.07) is 14.0.